The second kappa shape index (κ2) is 7.56. The molecular weight excluding hydrogens is 368 g/mol. The van der Waals surface area contributed by atoms with E-state index < -0.39 is 0 Å². The molecule has 2 N–H and O–H groups in total. The van der Waals surface area contributed by atoms with Gasteiger partial charge in [-0.3, -0.25) is 5.10 Å². The fraction of sp³-hybridized carbons (Fsp3) is 0.286. The highest BCUT2D eigenvalue weighted by Gasteiger charge is 2.21. The van der Waals surface area contributed by atoms with Crippen LogP contribution in [-0.2, 0) is 11.2 Å². The third-order valence-electron chi connectivity index (χ3n) is 4.97. The third-order valence-corrected chi connectivity index (χ3v) is 4.97. The van der Waals surface area contributed by atoms with Crippen LogP contribution in [0.2, 0.25) is 0 Å². The van der Waals surface area contributed by atoms with E-state index in [1.165, 1.54) is 0 Å². The number of hydrogen-bond acceptors (Lipinski definition) is 7. The van der Waals surface area contributed by atoms with Gasteiger partial charge in [0.1, 0.15) is 11.3 Å². The van der Waals surface area contributed by atoms with Crippen LogP contribution in [0.3, 0.4) is 0 Å². The van der Waals surface area contributed by atoms with E-state index in [0.717, 1.165) is 53.4 Å². The van der Waals surface area contributed by atoms with E-state index in [9.17, 15) is 0 Å². The van der Waals surface area contributed by atoms with Crippen molar-refractivity contribution in [1.29, 1.82) is 0 Å². The van der Waals surface area contributed by atoms with E-state index in [-0.39, 0.29) is 0 Å². The Morgan fingerprint density at radius 3 is 2.72 bits per heavy atom. The zero-order chi connectivity index (χ0) is 19.6. The minimum atomic E-state index is 0.494. The molecule has 29 heavy (non-hydrogen) atoms. The van der Waals surface area contributed by atoms with Crippen molar-refractivity contribution < 1.29 is 9.15 Å². The number of nitrogens with zero attached hydrogens (tertiary/aromatic N) is 4. The van der Waals surface area contributed by atoms with Crippen molar-refractivity contribution in [1.82, 2.24) is 20.2 Å². The highest BCUT2D eigenvalue weighted by molar-refractivity contribution is 5.86. The number of aryl methyl sites for hydroxylation is 1. The molecule has 0 aliphatic carbocycles. The maximum absolute atomic E-state index is 6.01. The number of aromatic amines is 1. The van der Waals surface area contributed by atoms with E-state index in [0.29, 0.717) is 25.0 Å². The summed E-state index contributed by atoms with van der Waals surface area (Å²) in [5.74, 6) is 2.84. The predicted molar refractivity (Wildman–Crippen MR) is 112 cm³/mol. The summed E-state index contributed by atoms with van der Waals surface area (Å²) in [5, 5.41) is 10.6. The molecule has 0 atom stereocenters. The van der Waals surface area contributed by atoms with Gasteiger partial charge in [0.15, 0.2) is 17.2 Å². The Labute approximate surface area is 167 Å². The van der Waals surface area contributed by atoms with Gasteiger partial charge in [-0.1, -0.05) is 37.3 Å². The number of fused-ring (bicyclic) bond motifs is 1. The van der Waals surface area contributed by atoms with Crippen LogP contribution in [0.15, 0.2) is 46.9 Å². The van der Waals surface area contributed by atoms with E-state index in [1.807, 2.05) is 42.5 Å². The smallest absolute Gasteiger partial charge is 0.231 e. The molecule has 0 unspecified atom stereocenters. The first-order valence-electron chi connectivity index (χ1n) is 9.81. The van der Waals surface area contributed by atoms with Gasteiger partial charge in [-0.25, -0.2) is 4.98 Å². The Kier molecular flexibility index (Phi) is 4.61. The first kappa shape index (κ1) is 17.7. The standard InChI is InChI=1S/C21H22N6O2/c1-2-15-12-17-19(29-15)20(27-8-10-28-11-9-27)24-21(22-17)23-18-13-16(25-26-18)14-6-4-3-5-7-14/h3-7,12-13H,2,8-11H2,1H3,(H2,22,23,24,25,26). The van der Waals surface area contributed by atoms with Crippen molar-refractivity contribution in [3.8, 4) is 11.3 Å². The predicted octanol–water partition coefficient (Wildman–Crippen LogP) is 3.76. The first-order chi connectivity index (χ1) is 14.3. The summed E-state index contributed by atoms with van der Waals surface area (Å²) in [5.41, 5.74) is 3.51. The number of morpholine rings is 1. The van der Waals surface area contributed by atoms with E-state index in [2.05, 4.69) is 32.3 Å². The molecule has 0 amide bonds. The molecule has 8 heteroatoms. The summed E-state index contributed by atoms with van der Waals surface area (Å²) < 4.78 is 11.5. The van der Waals surface area contributed by atoms with Crippen molar-refractivity contribution in [3.63, 3.8) is 0 Å². The van der Waals surface area contributed by atoms with E-state index in [1.54, 1.807) is 0 Å². The van der Waals surface area contributed by atoms with Crippen LogP contribution in [0, 0.1) is 0 Å². The Morgan fingerprint density at radius 2 is 1.93 bits per heavy atom. The minimum absolute atomic E-state index is 0.494. The largest absolute Gasteiger partial charge is 0.455 e. The Balaban J connectivity index is 1.49. The highest BCUT2D eigenvalue weighted by atomic mass is 16.5. The molecule has 0 saturated carbocycles. The zero-order valence-electron chi connectivity index (χ0n) is 16.2. The summed E-state index contributed by atoms with van der Waals surface area (Å²) in [6.07, 6.45) is 0.807. The van der Waals surface area contributed by atoms with Gasteiger partial charge in [-0.2, -0.15) is 10.1 Å². The molecule has 0 spiro atoms. The number of furan rings is 1. The van der Waals surface area contributed by atoms with Gasteiger partial charge < -0.3 is 19.4 Å². The summed E-state index contributed by atoms with van der Waals surface area (Å²) >= 11 is 0. The van der Waals surface area contributed by atoms with Gasteiger partial charge >= 0.3 is 0 Å². The summed E-state index contributed by atoms with van der Waals surface area (Å²) in [4.78, 5) is 11.6. The molecule has 8 nitrogen and oxygen atoms in total. The third kappa shape index (κ3) is 3.54. The van der Waals surface area contributed by atoms with E-state index in [4.69, 9.17) is 14.1 Å². The molecule has 1 aromatic carbocycles. The lowest BCUT2D eigenvalue weighted by Crippen LogP contribution is -2.37. The lowest BCUT2D eigenvalue weighted by molar-refractivity contribution is 0.122. The van der Waals surface area contributed by atoms with E-state index >= 15 is 0 Å². The lowest BCUT2D eigenvalue weighted by atomic mass is 10.2. The van der Waals surface area contributed by atoms with Gasteiger partial charge in [0, 0.05) is 31.6 Å². The topological polar surface area (TPSA) is 92.1 Å². The summed E-state index contributed by atoms with van der Waals surface area (Å²) in [7, 11) is 0. The molecule has 148 valence electrons. The number of nitrogens with one attached hydrogen (secondary N) is 2. The molecule has 1 aliphatic heterocycles. The second-order valence-corrected chi connectivity index (χ2v) is 6.91. The first-order valence-corrected chi connectivity index (χ1v) is 9.81. The molecule has 0 bridgehead atoms. The molecule has 1 aliphatic rings. The minimum Gasteiger partial charge on any atom is -0.455 e. The summed E-state index contributed by atoms with van der Waals surface area (Å²) in [6, 6.07) is 14.0. The van der Waals surface area contributed by atoms with Gasteiger partial charge in [0.25, 0.3) is 0 Å². The number of H-pyrrole nitrogens is 1. The molecule has 0 radical (unpaired) electrons. The zero-order valence-corrected chi connectivity index (χ0v) is 16.2. The molecule has 1 fully saturated rings. The van der Waals surface area contributed by atoms with Crippen LogP contribution >= 0.6 is 0 Å². The molecule has 5 rings (SSSR count). The van der Waals surface area contributed by atoms with Crippen LogP contribution < -0.4 is 10.2 Å². The normalized spacial score (nSPS) is 14.4. The number of rotatable bonds is 5. The van der Waals surface area contributed by atoms with Crippen molar-refractivity contribution >= 4 is 28.7 Å². The molecule has 4 aromatic rings. The number of aromatic nitrogens is 4. The van der Waals surface area contributed by atoms with Crippen LogP contribution in [0.1, 0.15) is 12.7 Å². The highest BCUT2D eigenvalue weighted by Crippen LogP contribution is 2.30. The maximum atomic E-state index is 6.01. The molecular formula is C21H22N6O2. The number of benzene rings is 1. The SMILES string of the molecule is CCc1cc2nc(Nc3cc(-c4ccccc4)[nH]n3)nc(N3CCOCC3)c2o1. The van der Waals surface area contributed by atoms with Gasteiger partial charge in [-0.05, 0) is 5.56 Å². The number of ether oxygens (including phenoxy) is 1. The number of hydrogen-bond donors (Lipinski definition) is 2. The maximum Gasteiger partial charge on any atom is 0.231 e. The quantitative estimate of drug-likeness (QED) is 0.536. The van der Waals surface area contributed by atoms with Gasteiger partial charge in [0.2, 0.25) is 5.95 Å². The van der Waals surface area contributed by atoms with Crippen LogP contribution in [0.4, 0.5) is 17.6 Å². The molecule has 1 saturated heterocycles. The van der Waals surface area contributed by atoms with Crippen molar-refractivity contribution in [2.45, 2.75) is 13.3 Å². The number of anilines is 3. The Bertz CT molecular complexity index is 1110. The molecule has 4 heterocycles. The fourth-order valence-corrected chi connectivity index (χ4v) is 3.45. The van der Waals surface area contributed by atoms with Crippen molar-refractivity contribution in [3.05, 3.63) is 48.2 Å². The Hall–Kier alpha value is -3.39. The van der Waals surface area contributed by atoms with Crippen molar-refractivity contribution in [2.24, 2.45) is 0 Å². The van der Waals surface area contributed by atoms with Crippen LogP contribution in [0.5, 0.6) is 0 Å². The molecule has 3 aromatic heterocycles. The van der Waals surface area contributed by atoms with Gasteiger partial charge in [0.05, 0.1) is 18.9 Å². The average molecular weight is 390 g/mol. The fourth-order valence-electron chi connectivity index (χ4n) is 3.45. The Morgan fingerprint density at radius 1 is 1.10 bits per heavy atom. The average Bonchev–Trinajstić information content (AvgIpc) is 3.41. The lowest BCUT2D eigenvalue weighted by Gasteiger charge is -2.27. The van der Waals surface area contributed by atoms with Gasteiger partial charge in [-0.15, -0.1) is 0 Å². The van der Waals surface area contributed by atoms with Crippen LogP contribution in [-0.4, -0.2) is 46.5 Å². The van der Waals surface area contributed by atoms with Crippen molar-refractivity contribution in [2.75, 3.05) is 36.5 Å². The second-order valence-electron chi connectivity index (χ2n) is 6.91. The van der Waals surface area contributed by atoms with Crippen LogP contribution in [0.25, 0.3) is 22.4 Å². The monoisotopic (exact) mass is 390 g/mol. The summed E-state index contributed by atoms with van der Waals surface area (Å²) in [6.45, 7) is 4.96.